The van der Waals surface area contributed by atoms with Crippen molar-refractivity contribution in [3.8, 4) is 0 Å². The lowest BCUT2D eigenvalue weighted by molar-refractivity contribution is -0.134. The molecule has 0 unspecified atom stereocenters. The van der Waals surface area contributed by atoms with Gasteiger partial charge in [-0.05, 0) is 6.08 Å². The number of hydrogen-bond acceptors (Lipinski definition) is 3. The lowest BCUT2D eigenvalue weighted by Gasteiger charge is -1.93. The number of ether oxygens (including phenoxy) is 1. The fraction of sp³-hybridized carbons (Fsp3) is 0.0909. The maximum Gasteiger partial charge on any atom is 0.330 e. The largest absolute Gasteiger partial charge is 0.466 e. The summed E-state index contributed by atoms with van der Waals surface area (Å²) in [5, 5.41) is 0. The SMILES string of the molecule is COC(=O)/C=C\C(=O)c1ccccc1. The minimum atomic E-state index is -0.533. The maximum absolute atomic E-state index is 11.4. The Hall–Kier alpha value is -1.90. The first-order valence-electron chi connectivity index (χ1n) is 4.09. The first-order valence-corrected chi connectivity index (χ1v) is 4.09. The van der Waals surface area contributed by atoms with Crippen LogP contribution in [0.15, 0.2) is 42.5 Å². The summed E-state index contributed by atoms with van der Waals surface area (Å²) in [7, 11) is 1.26. The molecule has 0 N–H and O–H groups in total. The van der Waals surface area contributed by atoms with E-state index < -0.39 is 5.97 Å². The molecule has 0 amide bonds. The van der Waals surface area contributed by atoms with Crippen molar-refractivity contribution in [1.82, 2.24) is 0 Å². The molecule has 1 aromatic rings. The molecule has 0 atom stereocenters. The lowest BCUT2D eigenvalue weighted by atomic mass is 10.1. The van der Waals surface area contributed by atoms with Crippen molar-refractivity contribution in [2.45, 2.75) is 0 Å². The molecular formula is C11H10O3. The number of benzene rings is 1. The standard InChI is InChI=1S/C11H10O3/c1-14-11(13)8-7-10(12)9-5-3-2-4-6-9/h2-8H,1H3/b8-7-. The molecule has 3 heteroatoms. The van der Waals surface area contributed by atoms with E-state index in [2.05, 4.69) is 4.74 Å². The van der Waals surface area contributed by atoms with Gasteiger partial charge in [0, 0.05) is 11.6 Å². The molecule has 0 radical (unpaired) electrons. The van der Waals surface area contributed by atoms with E-state index in [4.69, 9.17) is 0 Å². The summed E-state index contributed by atoms with van der Waals surface area (Å²) in [5.74, 6) is -0.745. The number of allylic oxidation sites excluding steroid dienone is 1. The highest BCUT2D eigenvalue weighted by atomic mass is 16.5. The Kier molecular flexibility index (Phi) is 3.61. The Balaban J connectivity index is 2.69. The van der Waals surface area contributed by atoms with Gasteiger partial charge in [0.25, 0.3) is 0 Å². The van der Waals surface area contributed by atoms with E-state index in [0.29, 0.717) is 5.56 Å². The Bertz CT molecular complexity index is 352. The molecule has 0 aliphatic heterocycles. The summed E-state index contributed by atoms with van der Waals surface area (Å²) in [6.07, 6.45) is 2.30. The molecule has 14 heavy (non-hydrogen) atoms. The second-order valence-corrected chi connectivity index (χ2v) is 2.59. The highest BCUT2D eigenvalue weighted by Gasteiger charge is 2.00. The summed E-state index contributed by atoms with van der Waals surface area (Å²) in [4.78, 5) is 22.1. The van der Waals surface area contributed by atoms with Crippen LogP contribution in [0.2, 0.25) is 0 Å². The highest BCUT2D eigenvalue weighted by Crippen LogP contribution is 2.00. The average molecular weight is 190 g/mol. The fourth-order valence-corrected chi connectivity index (χ4v) is 0.910. The zero-order valence-corrected chi connectivity index (χ0v) is 7.77. The quantitative estimate of drug-likeness (QED) is 0.413. The van der Waals surface area contributed by atoms with E-state index in [-0.39, 0.29) is 5.78 Å². The van der Waals surface area contributed by atoms with Crippen LogP contribution in [0.4, 0.5) is 0 Å². The topological polar surface area (TPSA) is 43.4 Å². The average Bonchev–Trinajstić information content (AvgIpc) is 2.26. The maximum atomic E-state index is 11.4. The van der Waals surface area contributed by atoms with E-state index in [9.17, 15) is 9.59 Å². The molecule has 0 heterocycles. The summed E-state index contributed by atoms with van der Waals surface area (Å²) in [6.45, 7) is 0. The molecule has 0 aromatic heterocycles. The van der Waals surface area contributed by atoms with Gasteiger partial charge < -0.3 is 4.74 Å². The molecule has 0 spiro atoms. The van der Waals surface area contributed by atoms with E-state index in [1.165, 1.54) is 13.2 Å². The fourth-order valence-electron chi connectivity index (χ4n) is 0.910. The molecular weight excluding hydrogens is 180 g/mol. The molecule has 1 aromatic carbocycles. The van der Waals surface area contributed by atoms with Crippen molar-refractivity contribution >= 4 is 11.8 Å². The number of carbonyl (C=O) groups is 2. The molecule has 0 aliphatic carbocycles. The molecule has 0 bridgehead atoms. The van der Waals surface area contributed by atoms with Gasteiger partial charge in [0.2, 0.25) is 0 Å². The number of rotatable bonds is 3. The zero-order valence-electron chi connectivity index (χ0n) is 7.77. The summed E-state index contributed by atoms with van der Waals surface area (Å²) >= 11 is 0. The van der Waals surface area contributed by atoms with Crippen molar-refractivity contribution < 1.29 is 14.3 Å². The van der Waals surface area contributed by atoms with Crippen LogP contribution in [0.1, 0.15) is 10.4 Å². The summed E-state index contributed by atoms with van der Waals surface area (Å²) < 4.78 is 4.36. The Morgan fingerprint density at radius 3 is 2.36 bits per heavy atom. The van der Waals surface area contributed by atoms with Gasteiger partial charge >= 0.3 is 5.97 Å². The van der Waals surface area contributed by atoms with Crippen LogP contribution in [0.5, 0.6) is 0 Å². The van der Waals surface area contributed by atoms with Crippen molar-refractivity contribution in [3.05, 3.63) is 48.0 Å². The Morgan fingerprint density at radius 2 is 1.79 bits per heavy atom. The van der Waals surface area contributed by atoms with Crippen LogP contribution in [-0.2, 0) is 9.53 Å². The highest BCUT2D eigenvalue weighted by molar-refractivity contribution is 6.06. The van der Waals surface area contributed by atoms with Crippen LogP contribution in [-0.4, -0.2) is 18.9 Å². The van der Waals surface area contributed by atoms with Crippen LogP contribution >= 0.6 is 0 Å². The summed E-state index contributed by atoms with van der Waals surface area (Å²) in [6, 6.07) is 8.72. The predicted octanol–water partition coefficient (Wildman–Crippen LogP) is 1.60. The number of carbonyl (C=O) groups excluding carboxylic acids is 2. The van der Waals surface area contributed by atoms with Gasteiger partial charge in [0.15, 0.2) is 5.78 Å². The molecule has 0 saturated heterocycles. The zero-order chi connectivity index (χ0) is 10.4. The third-order valence-electron chi connectivity index (χ3n) is 1.63. The second-order valence-electron chi connectivity index (χ2n) is 2.59. The third kappa shape index (κ3) is 2.86. The number of esters is 1. The smallest absolute Gasteiger partial charge is 0.330 e. The number of ketones is 1. The summed E-state index contributed by atoms with van der Waals surface area (Å²) in [5.41, 5.74) is 0.549. The lowest BCUT2D eigenvalue weighted by Crippen LogP contribution is -1.98. The number of hydrogen-bond donors (Lipinski definition) is 0. The van der Waals surface area contributed by atoms with Gasteiger partial charge in [0.05, 0.1) is 7.11 Å². The first-order chi connectivity index (χ1) is 6.74. The van der Waals surface area contributed by atoms with Crippen LogP contribution < -0.4 is 0 Å². The van der Waals surface area contributed by atoms with Gasteiger partial charge in [0.1, 0.15) is 0 Å². The van der Waals surface area contributed by atoms with E-state index in [1.54, 1.807) is 24.3 Å². The molecule has 72 valence electrons. The monoisotopic (exact) mass is 190 g/mol. The molecule has 0 saturated carbocycles. The Labute approximate surface area is 82.0 Å². The van der Waals surface area contributed by atoms with Gasteiger partial charge in [-0.25, -0.2) is 4.79 Å². The minimum absolute atomic E-state index is 0.212. The first kappa shape index (κ1) is 10.2. The molecule has 0 aliphatic rings. The van der Waals surface area contributed by atoms with Gasteiger partial charge in [-0.15, -0.1) is 0 Å². The predicted molar refractivity (Wildman–Crippen MR) is 51.9 cm³/mol. The van der Waals surface area contributed by atoms with Gasteiger partial charge in [-0.2, -0.15) is 0 Å². The third-order valence-corrected chi connectivity index (χ3v) is 1.63. The molecule has 1 rings (SSSR count). The van der Waals surface area contributed by atoms with Crippen molar-refractivity contribution in [1.29, 1.82) is 0 Å². The minimum Gasteiger partial charge on any atom is -0.466 e. The van der Waals surface area contributed by atoms with Crippen LogP contribution in [0.3, 0.4) is 0 Å². The molecule has 0 fully saturated rings. The van der Waals surface area contributed by atoms with E-state index in [0.717, 1.165) is 6.08 Å². The van der Waals surface area contributed by atoms with Crippen molar-refractivity contribution in [3.63, 3.8) is 0 Å². The van der Waals surface area contributed by atoms with Gasteiger partial charge in [-0.3, -0.25) is 4.79 Å². The van der Waals surface area contributed by atoms with Crippen molar-refractivity contribution in [2.75, 3.05) is 7.11 Å². The van der Waals surface area contributed by atoms with Crippen molar-refractivity contribution in [2.24, 2.45) is 0 Å². The van der Waals surface area contributed by atoms with E-state index >= 15 is 0 Å². The van der Waals surface area contributed by atoms with Crippen LogP contribution in [0.25, 0.3) is 0 Å². The second kappa shape index (κ2) is 4.97. The Morgan fingerprint density at radius 1 is 1.14 bits per heavy atom. The molecule has 3 nitrogen and oxygen atoms in total. The van der Waals surface area contributed by atoms with E-state index in [1.807, 2.05) is 6.07 Å². The number of methoxy groups -OCH3 is 1. The normalized spacial score (nSPS) is 10.1. The van der Waals surface area contributed by atoms with Gasteiger partial charge in [-0.1, -0.05) is 30.3 Å². The van der Waals surface area contributed by atoms with Crippen LogP contribution in [0, 0.1) is 0 Å².